The zero-order chi connectivity index (χ0) is 13.7. The summed E-state index contributed by atoms with van der Waals surface area (Å²) in [5.74, 6) is 0.912. The summed E-state index contributed by atoms with van der Waals surface area (Å²) in [5, 5.41) is 0. The lowest BCUT2D eigenvalue weighted by Gasteiger charge is -2.39. The van der Waals surface area contributed by atoms with E-state index in [9.17, 15) is 4.79 Å². The van der Waals surface area contributed by atoms with E-state index in [-0.39, 0.29) is 18.3 Å². The van der Waals surface area contributed by atoms with E-state index < -0.39 is 0 Å². The summed E-state index contributed by atoms with van der Waals surface area (Å²) < 4.78 is 0. The summed E-state index contributed by atoms with van der Waals surface area (Å²) in [5.41, 5.74) is 5.48. The quantitative estimate of drug-likeness (QED) is 0.862. The highest BCUT2D eigenvalue weighted by Gasteiger charge is 2.27. The molecule has 0 aromatic heterocycles. The second-order valence-electron chi connectivity index (χ2n) is 6.23. The minimum Gasteiger partial charge on any atom is -0.342 e. The van der Waals surface area contributed by atoms with Crippen molar-refractivity contribution in [2.45, 2.75) is 51.5 Å². The van der Waals surface area contributed by atoms with Crippen LogP contribution in [0.2, 0.25) is 0 Å². The normalized spacial score (nSPS) is 28.0. The van der Waals surface area contributed by atoms with Crippen molar-refractivity contribution in [3.8, 4) is 0 Å². The van der Waals surface area contributed by atoms with Gasteiger partial charge >= 0.3 is 0 Å². The number of hydrogen-bond acceptors (Lipinski definition) is 3. The van der Waals surface area contributed by atoms with E-state index in [2.05, 4.69) is 11.8 Å². The molecule has 0 radical (unpaired) electrons. The van der Waals surface area contributed by atoms with Crippen LogP contribution in [0.15, 0.2) is 0 Å². The Hall–Kier alpha value is -0.320. The third-order valence-electron chi connectivity index (χ3n) is 4.66. The molecule has 2 atom stereocenters. The molecule has 2 aliphatic heterocycles. The van der Waals surface area contributed by atoms with Crippen LogP contribution >= 0.6 is 12.4 Å². The van der Waals surface area contributed by atoms with Crippen molar-refractivity contribution in [1.29, 1.82) is 0 Å². The highest BCUT2D eigenvalue weighted by atomic mass is 35.5. The fourth-order valence-corrected chi connectivity index (χ4v) is 3.48. The van der Waals surface area contributed by atoms with E-state index in [1.165, 1.54) is 38.8 Å². The lowest BCUT2D eigenvalue weighted by atomic mass is 9.94. The molecule has 0 aromatic carbocycles. The molecule has 0 aromatic rings. The second-order valence-corrected chi connectivity index (χ2v) is 6.23. The zero-order valence-electron chi connectivity index (χ0n) is 12.7. The van der Waals surface area contributed by atoms with Gasteiger partial charge in [-0.3, -0.25) is 4.79 Å². The number of halogens is 1. The molecular weight excluding hydrogens is 274 g/mol. The Morgan fingerprint density at radius 1 is 1.20 bits per heavy atom. The Kier molecular flexibility index (Phi) is 7.85. The van der Waals surface area contributed by atoms with Crippen LogP contribution < -0.4 is 5.73 Å². The lowest BCUT2D eigenvalue weighted by Crippen LogP contribution is -2.47. The van der Waals surface area contributed by atoms with Gasteiger partial charge in [0, 0.05) is 38.6 Å². The first-order valence-corrected chi connectivity index (χ1v) is 7.92. The van der Waals surface area contributed by atoms with Gasteiger partial charge in [-0.15, -0.1) is 12.4 Å². The van der Waals surface area contributed by atoms with Gasteiger partial charge in [0.1, 0.15) is 0 Å². The molecule has 0 spiro atoms. The molecule has 118 valence electrons. The molecular formula is C15H30ClN3O. The van der Waals surface area contributed by atoms with Crippen molar-refractivity contribution in [3.05, 3.63) is 0 Å². The topological polar surface area (TPSA) is 49.6 Å². The van der Waals surface area contributed by atoms with E-state index in [1.807, 2.05) is 4.90 Å². The number of rotatable bonds is 4. The molecule has 2 fully saturated rings. The van der Waals surface area contributed by atoms with Crippen molar-refractivity contribution in [2.24, 2.45) is 11.7 Å². The van der Waals surface area contributed by atoms with Gasteiger partial charge in [-0.1, -0.05) is 6.42 Å². The average Bonchev–Trinajstić information content (AvgIpc) is 2.42. The molecule has 5 heteroatoms. The maximum atomic E-state index is 11.9. The van der Waals surface area contributed by atoms with E-state index in [1.54, 1.807) is 0 Å². The van der Waals surface area contributed by atoms with Crippen LogP contribution in [0.25, 0.3) is 0 Å². The molecule has 0 saturated carbocycles. The maximum Gasteiger partial charge on any atom is 0.223 e. The summed E-state index contributed by atoms with van der Waals surface area (Å²) in [7, 11) is 0. The third-order valence-corrected chi connectivity index (χ3v) is 4.66. The van der Waals surface area contributed by atoms with Gasteiger partial charge in [0.15, 0.2) is 0 Å². The molecule has 4 nitrogen and oxygen atoms in total. The largest absolute Gasteiger partial charge is 0.342 e. The van der Waals surface area contributed by atoms with Gasteiger partial charge < -0.3 is 15.5 Å². The number of piperidine rings is 2. The summed E-state index contributed by atoms with van der Waals surface area (Å²) in [4.78, 5) is 16.6. The summed E-state index contributed by atoms with van der Waals surface area (Å²) in [6, 6.07) is 0.726. The van der Waals surface area contributed by atoms with E-state index in [0.29, 0.717) is 18.9 Å². The van der Waals surface area contributed by atoms with Crippen LogP contribution in [0.1, 0.15) is 45.4 Å². The fraction of sp³-hybridized carbons (Fsp3) is 0.933. The molecule has 2 saturated heterocycles. The van der Waals surface area contributed by atoms with Gasteiger partial charge in [-0.05, 0) is 45.1 Å². The summed E-state index contributed by atoms with van der Waals surface area (Å²) >= 11 is 0. The molecule has 20 heavy (non-hydrogen) atoms. The number of amides is 1. The van der Waals surface area contributed by atoms with Gasteiger partial charge in [-0.25, -0.2) is 0 Å². The van der Waals surface area contributed by atoms with Crippen molar-refractivity contribution in [3.63, 3.8) is 0 Å². The number of carbonyl (C=O) groups excluding carboxylic acids is 1. The Morgan fingerprint density at radius 2 is 2.00 bits per heavy atom. The summed E-state index contributed by atoms with van der Waals surface area (Å²) in [6.45, 7) is 7.12. The van der Waals surface area contributed by atoms with Crippen LogP contribution in [-0.2, 0) is 4.79 Å². The SMILES string of the molecule is CC1CCCCN1CC1CCCN(C(=O)CCN)C1.Cl. The highest BCUT2D eigenvalue weighted by Crippen LogP contribution is 2.23. The monoisotopic (exact) mass is 303 g/mol. The Bertz CT molecular complexity index is 301. The maximum absolute atomic E-state index is 11.9. The summed E-state index contributed by atoms with van der Waals surface area (Å²) in [6.07, 6.45) is 6.99. The number of carbonyl (C=O) groups is 1. The minimum absolute atomic E-state index is 0. The smallest absolute Gasteiger partial charge is 0.223 e. The molecule has 2 rings (SSSR count). The van der Waals surface area contributed by atoms with Crippen molar-refractivity contribution >= 4 is 18.3 Å². The van der Waals surface area contributed by atoms with Gasteiger partial charge in [-0.2, -0.15) is 0 Å². The van der Waals surface area contributed by atoms with E-state index >= 15 is 0 Å². The number of nitrogens with zero attached hydrogens (tertiary/aromatic N) is 2. The van der Waals surface area contributed by atoms with Crippen molar-refractivity contribution in [2.75, 3.05) is 32.7 Å². The molecule has 2 aliphatic rings. The van der Waals surface area contributed by atoms with Crippen molar-refractivity contribution in [1.82, 2.24) is 9.80 Å². The Morgan fingerprint density at radius 3 is 2.70 bits per heavy atom. The van der Waals surface area contributed by atoms with Crippen LogP contribution in [0.5, 0.6) is 0 Å². The van der Waals surface area contributed by atoms with Crippen LogP contribution in [0.3, 0.4) is 0 Å². The first-order chi connectivity index (χ1) is 9.20. The Labute approximate surface area is 129 Å². The first kappa shape index (κ1) is 17.7. The first-order valence-electron chi connectivity index (χ1n) is 7.92. The highest BCUT2D eigenvalue weighted by molar-refractivity contribution is 5.85. The predicted molar refractivity (Wildman–Crippen MR) is 85.1 cm³/mol. The lowest BCUT2D eigenvalue weighted by molar-refractivity contribution is -0.133. The van der Waals surface area contributed by atoms with Crippen LogP contribution in [0, 0.1) is 5.92 Å². The molecule has 2 N–H and O–H groups in total. The second kappa shape index (κ2) is 8.85. The van der Waals surface area contributed by atoms with E-state index in [4.69, 9.17) is 5.73 Å². The molecule has 0 aliphatic carbocycles. The van der Waals surface area contributed by atoms with E-state index in [0.717, 1.165) is 25.6 Å². The number of nitrogens with two attached hydrogens (primary N) is 1. The molecule has 2 unspecified atom stereocenters. The number of hydrogen-bond donors (Lipinski definition) is 1. The average molecular weight is 304 g/mol. The van der Waals surface area contributed by atoms with Crippen LogP contribution in [-0.4, -0.2) is 54.5 Å². The van der Waals surface area contributed by atoms with Gasteiger partial charge in [0.05, 0.1) is 0 Å². The molecule has 1 amide bonds. The third kappa shape index (κ3) is 4.90. The predicted octanol–water partition coefficient (Wildman–Crippen LogP) is 1.87. The van der Waals surface area contributed by atoms with Crippen LogP contribution in [0.4, 0.5) is 0 Å². The molecule has 0 bridgehead atoms. The zero-order valence-corrected chi connectivity index (χ0v) is 13.5. The molecule has 2 heterocycles. The van der Waals surface area contributed by atoms with Gasteiger partial charge in [0.25, 0.3) is 0 Å². The number of likely N-dealkylation sites (tertiary alicyclic amines) is 2. The van der Waals surface area contributed by atoms with Crippen molar-refractivity contribution < 1.29 is 4.79 Å². The Balaban J connectivity index is 0.00000200. The van der Waals surface area contributed by atoms with Gasteiger partial charge in [0.2, 0.25) is 5.91 Å². The minimum atomic E-state index is 0. The standard InChI is InChI=1S/C15H29N3O.ClH/c1-13-5-2-3-9-17(13)11-14-6-4-10-18(12-14)15(19)7-8-16;/h13-14H,2-12,16H2,1H3;1H. The fourth-order valence-electron chi connectivity index (χ4n) is 3.48.